The van der Waals surface area contributed by atoms with Gasteiger partial charge in [0.25, 0.3) is 0 Å². The quantitative estimate of drug-likeness (QED) is 0.0496. The minimum absolute atomic E-state index is 0.000734. The van der Waals surface area contributed by atoms with E-state index >= 15 is 0 Å². The summed E-state index contributed by atoms with van der Waals surface area (Å²) >= 11 is 1.54. The number of oxazole rings is 1. The first-order chi connectivity index (χ1) is 36.6. The molecule has 0 saturated heterocycles. The van der Waals surface area contributed by atoms with E-state index in [4.69, 9.17) is 23.0 Å². The van der Waals surface area contributed by atoms with E-state index in [0.29, 0.717) is 91.3 Å². The SMILES string of the molecule is CC1CC(C)(C)N(CCCC(=O)OC(C)(C)C)c2cc(O)c(C=O)cc21.CC1CC(C)(C)N(CCCC(=O)OC(C)(C)C)c2cc3oc(=O)c(-c4nc5ccccc5o4)cc3cc21.CCOC(=O)Cc1nc2ccccc2s1. The fourth-order valence-corrected chi connectivity index (χ4v) is 11.5. The molecule has 7 aromatic rings. The van der Waals surface area contributed by atoms with Crippen LogP contribution in [0.25, 0.3) is 43.7 Å². The number of thiazole rings is 1. The number of rotatable bonds is 13. The maximum atomic E-state index is 13.0. The van der Waals surface area contributed by atoms with E-state index in [0.717, 1.165) is 50.4 Å². The molecule has 3 aromatic heterocycles. The smallest absolute Gasteiger partial charge is 0.349 e. The number of hydrogen-bond acceptors (Lipinski definition) is 16. The Morgan fingerprint density at radius 3 is 1.83 bits per heavy atom. The molecule has 0 fully saturated rings. The summed E-state index contributed by atoms with van der Waals surface area (Å²) < 4.78 is 28.5. The Morgan fingerprint density at radius 2 is 1.28 bits per heavy atom. The van der Waals surface area contributed by atoms with Gasteiger partial charge in [-0.2, -0.15) is 0 Å². The number of phenolic OH excluding ortho intramolecular Hbond substituents is 1. The van der Waals surface area contributed by atoms with Crippen LogP contribution in [0.15, 0.2) is 92.5 Å². The van der Waals surface area contributed by atoms with Crippen molar-refractivity contribution in [3.05, 3.63) is 111 Å². The first kappa shape index (κ1) is 58.6. The standard InChI is InChI=1S/C30H34N2O5.C21H31NO4.C11H11NO2S/c1-18-17-30(5,6)32(13-9-12-26(33)37-29(2,3)4)23-16-25-19(14-20(18)23)15-21(28(34)36-25)27-31-22-10-7-8-11-24(22)35-27;1-14-12-21(5,6)22(9-7-8-19(25)26-20(2,3)4)17-11-18(24)15(13-23)10-16(14)17;1-2-14-11(13)7-10-12-8-5-3-4-6-9(8)15-10/h7-8,10-11,14-16,18H,9,12-13,17H2,1-6H3;10-11,13-14,24H,7-9,12H2,1-6H3;3-6H,2,7H2,1H3. The van der Waals surface area contributed by atoms with Gasteiger partial charge in [-0.25, -0.2) is 14.8 Å². The van der Waals surface area contributed by atoms with Gasteiger partial charge in [0.2, 0.25) is 5.89 Å². The van der Waals surface area contributed by atoms with E-state index < -0.39 is 16.8 Å². The van der Waals surface area contributed by atoms with Gasteiger partial charge in [0, 0.05) is 65.9 Å². The molecule has 9 rings (SSSR count). The number of aromatic nitrogens is 2. The van der Waals surface area contributed by atoms with E-state index in [1.165, 1.54) is 16.9 Å². The normalized spacial score (nSPS) is 16.5. The highest BCUT2D eigenvalue weighted by molar-refractivity contribution is 7.18. The molecular weight excluding hydrogens is 1010 g/mol. The van der Waals surface area contributed by atoms with Crippen LogP contribution in [0.3, 0.4) is 0 Å². The second-order valence-corrected chi connectivity index (χ2v) is 24.7. The number of fused-ring (bicyclic) bond motifs is 5. The van der Waals surface area contributed by atoms with Gasteiger partial charge in [-0.05, 0) is 167 Å². The number of esters is 3. The van der Waals surface area contributed by atoms with Gasteiger partial charge in [-0.3, -0.25) is 19.2 Å². The molecule has 16 heteroatoms. The number of ether oxygens (including phenoxy) is 3. The number of para-hydroxylation sites is 3. The van der Waals surface area contributed by atoms with Crippen molar-refractivity contribution in [2.75, 3.05) is 29.5 Å². The number of hydrogen-bond donors (Lipinski definition) is 1. The third-order valence-corrected chi connectivity index (χ3v) is 14.8. The fourth-order valence-electron chi connectivity index (χ4n) is 10.6. The summed E-state index contributed by atoms with van der Waals surface area (Å²) in [5.41, 5.74) is 6.00. The van der Waals surface area contributed by atoms with Crippen molar-refractivity contribution in [1.82, 2.24) is 9.97 Å². The number of aromatic hydroxyl groups is 1. The van der Waals surface area contributed by atoms with Gasteiger partial charge in [0.1, 0.15) is 38.6 Å². The summed E-state index contributed by atoms with van der Waals surface area (Å²) in [5.74, 6) is 0.273. The molecule has 1 N–H and O–H groups in total. The van der Waals surface area contributed by atoms with Crippen LogP contribution < -0.4 is 15.4 Å². The summed E-state index contributed by atoms with van der Waals surface area (Å²) in [6, 6.07) is 24.6. The number of anilines is 2. The minimum Gasteiger partial charge on any atom is -0.507 e. The second-order valence-electron chi connectivity index (χ2n) is 23.5. The molecule has 0 bridgehead atoms. The summed E-state index contributed by atoms with van der Waals surface area (Å²) in [6.07, 6.45) is 4.91. The van der Waals surface area contributed by atoms with Gasteiger partial charge >= 0.3 is 23.5 Å². The van der Waals surface area contributed by atoms with Crippen LogP contribution in [0.4, 0.5) is 11.4 Å². The molecule has 5 heterocycles. The Labute approximate surface area is 461 Å². The molecule has 4 aromatic carbocycles. The highest BCUT2D eigenvalue weighted by Gasteiger charge is 2.38. The Kier molecular flexibility index (Phi) is 18.0. The first-order valence-electron chi connectivity index (χ1n) is 26.9. The Balaban J connectivity index is 0.000000186. The Bertz CT molecular complexity index is 3290. The maximum absolute atomic E-state index is 13.0. The summed E-state index contributed by atoms with van der Waals surface area (Å²) in [4.78, 5) is 73.0. The average Bonchev–Trinajstić information content (AvgIpc) is 4.05. The number of carbonyl (C=O) groups excluding carboxylic acids is 4. The zero-order chi connectivity index (χ0) is 56.9. The van der Waals surface area contributed by atoms with Crippen LogP contribution in [-0.4, -0.2) is 81.2 Å². The van der Waals surface area contributed by atoms with Crippen molar-refractivity contribution in [2.24, 2.45) is 0 Å². The molecule has 0 radical (unpaired) electrons. The zero-order valence-corrected chi connectivity index (χ0v) is 48.4. The van der Waals surface area contributed by atoms with Crippen LogP contribution >= 0.6 is 11.3 Å². The van der Waals surface area contributed by atoms with Crippen molar-refractivity contribution in [2.45, 2.75) is 169 Å². The lowest BCUT2D eigenvalue weighted by Crippen LogP contribution is -2.49. The average molecular weight is 1090 g/mol. The Hall–Kier alpha value is -7.07. The summed E-state index contributed by atoms with van der Waals surface area (Å²) in [5, 5.41) is 11.8. The zero-order valence-electron chi connectivity index (χ0n) is 47.5. The molecular formula is C62H76N4O11S. The lowest BCUT2D eigenvalue weighted by molar-refractivity contribution is -0.156. The van der Waals surface area contributed by atoms with Crippen LogP contribution in [0.5, 0.6) is 5.75 Å². The van der Waals surface area contributed by atoms with E-state index in [2.05, 4.69) is 67.4 Å². The molecule has 15 nitrogen and oxygen atoms in total. The highest BCUT2D eigenvalue weighted by Crippen LogP contribution is 2.47. The van der Waals surface area contributed by atoms with Crippen LogP contribution in [0.1, 0.15) is 167 Å². The molecule has 416 valence electrons. The summed E-state index contributed by atoms with van der Waals surface area (Å²) in [7, 11) is 0. The third kappa shape index (κ3) is 14.5. The number of carbonyl (C=O) groups is 4. The van der Waals surface area contributed by atoms with Crippen LogP contribution in [0.2, 0.25) is 0 Å². The second kappa shape index (κ2) is 23.9. The molecule has 0 amide bonds. The molecule has 0 saturated carbocycles. The van der Waals surface area contributed by atoms with Gasteiger partial charge in [-0.1, -0.05) is 38.1 Å². The number of nitrogens with zero attached hydrogens (tertiary/aromatic N) is 4. The van der Waals surface area contributed by atoms with Crippen molar-refractivity contribution in [3.8, 4) is 17.2 Å². The molecule has 0 spiro atoms. The van der Waals surface area contributed by atoms with Crippen molar-refractivity contribution in [3.63, 3.8) is 0 Å². The van der Waals surface area contributed by atoms with Crippen LogP contribution in [-0.2, 0) is 35.0 Å². The van der Waals surface area contributed by atoms with Gasteiger partial charge in [-0.15, -0.1) is 11.3 Å². The molecule has 0 aliphatic carbocycles. The molecule has 2 aliphatic rings. The minimum atomic E-state index is -0.489. The monoisotopic (exact) mass is 1080 g/mol. The van der Waals surface area contributed by atoms with Crippen molar-refractivity contribution >= 4 is 79.2 Å². The van der Waals surface area contributed by atoms with E-state index in [1.807, 2.05) is 102 Å². The predicted molar refractivity (Wildman–Crippen MR) is 308 cm³/mol. The van der Waals surface area contributed by atoms with Gasteiger partial charge in [0.15, 0.2) is 11.9 Å². The van der Waals surface area contributed by atoms with E-state index in [9.17, 15) is 29.1 Å². The lowest BCUT2D eigenvalue weighted by atomic mass is 9.79. The lowest BCUT2D eigenvalue weighted by Gasteiger charge is -2.47. The molecule has 2 aliphatic heterocycles. The van der Waals surface area contributed by atoms with Gasteiger partial charge in [0.05, 0.1) is 28.8 Å². The summed E-state index contributed by atoms with van der Waals surface area (Å²) in [6.45, 7) is 28.0. The predicted octanol–water partition coefficient (Wildman–Crippen LogP) is 13.6. The maximum Gasteiger partial charge on any atom is 0.349 e. The number of phenols is 1. The number of benzene rings is 4. The van der Waals surface area contributed by atoms with Crippen molar-refractivity contribution in [1.29, 1.82) is 0 Å². The Morgan fingerprint density at radius 1 is 0.731 bits per heavy atom. The van der Waals surface area contributed by atoms with Crippen molar-refractivity contribution < 1.29 is 47.3 Å². The molecule has 2 atom stereocenters. The number of aldehydes is 1. The van der Waals surface area contributed by atoms with E-state index in [1.54, 1.807) is 19.1 Å². The first-order valence-corrected chi connectivity index (χ1v) is 27.8. The van der Waals surface area contributed by atoms with Gasteiger partial charge < -0.3 is 38.0 Å². The van der Waals surface area contributed by atoms with E-state index in [-0.39, 0.29) is 47.0 Å². The highest BCUT2D eigenvalue weighted by atomic mass is 32.1. The third-order valence-electron chi connectivity index (χ3n) is 13.7. The largest absolute Gasteiger partial charge is 0.507 e. The topological polar surface area (TPSA) is 192 Å². The van der Waals surface area contributed by atoms with Crippen LogP contribution in [0, 0.1) is 0 Å². The molecule has 2 unspecified atom stereocenters. The fraction of sp³-hybridized carbons (Fsp3) is 0.468. The molecule has 78 heavy (non-hydrogen) atoms.